The van der Waals surface area contributed by atoms with Crippen LogP contribution in [0.5, 0.6) is 5.75 Å². The minimum absolute atomic E-state index is 0.277. The number of anilines is 1. The lowest BCUT2D eigenvalue weighted by Crippen LogP contribution is -2.26. The van der Waals surface area contributed by atoms with Gasteiger partial charge in [-0.2, -0.15) is 0 Å². The number of nitrogens with two attached hydrogens (primary N) is 1. The Bertz CT molecular complexity index is 570. The fourth-order valence-electron chi connectivity index (χ4n) is 2.52. The fraction of sp³-hybridized carbons (Fsp3) is 0.357. The van der Waals surface area contributed by atoms with Crippen LogP contribution in [-0.2, 0) is 0 Å². The van der Waals surface area contributed by atoms with E-state index in [1.165, 1.54) is 5.69 Å². The van der Waals surface area contributed by atoms with Crippen LogP contribution >= 0.6 is 0 Å². The summed E-state index contributed by atoms with van der Waals surface area (Å²) in [6.07, 6.45) is 2.90. The number of fused-ring (bicyclic) bond motifs is 1. The van der Waals surface area contributed by atoms with Crippen LogP contribution in [0.1, 0.15) is 6.42 Å². The Kier molecular flexibility index (Phi) is 2.80. The number of methoxy groups -OCH3 is 1. The van der Waals surface area contributed by atoms with Crippen LogP contribution in [0.3, 0.4) is 0 Å². The summed E-state index contributed by atoms with van der Waals surface area (Å²) in [7, 11) is 1.68. The van der Waals surface area contributed by atoms with Crippen molar-refractivity contribution in [1.29, 1.82) is 0 Å². The SMILES string of the molecule is COc1ccc2nccc(N3CC[C@H](N)C3)c2c1. The zero-order valence-electron chi connectivity index (χ0n) is 10.5. The summed E-state index contributed by atoms with van der Waals surface area (Å²) in [5.74, 6) is 0.861. The molecule has 0 aliphatic carbocycles. The molecule has 0 bridgehead atoms. The molecule has 4 nitrogen and oxygen atoms in total. The first-order chi connectivity index (χ1) is 8.78. The first-order valence-electron chi connectivity index (χ1n) is 6.21. The summed E-state index contributed by atoms with van der Waals surface area (Å²) in [6.45, 7) is 1.92. The molecule has 1 aliphatic heterocycles. The van der Waals surface area contributed by atoms with Gasteiger partial charge in [0.15, 0.2) is 0 Å². The second-order valence-electron chi connectivity index (χ2n) is 4.71. The highest BCUT2D eigenvalue weighted by molar-refractivity contribution is 5.92. The van der Waals surface area contributed by atoms with Gasteiger partial charge >= 0.3 is 0 Å². The summed E-state index contributed by atoms with van der Waals surface area (Å²) < 4.78 is 5.29. The van der Waals surface area contributed by atoms with Gasteiger partial charge in [0.25, 0.3) is 0 Å². The van der Waals surface area contributed by atoms with E-state index in [2.05, 4.69) is 16.0 Å². The van der Waals surface area contributed by atoms with Crippen LogP contribution < -0.4 is 15.4 Å². The van der Waals surface area contributed by atoms with Gasteiger partial charge in [0.1, 0.15) is 5.75 Å². The molecule has 1 aromatic heterocycles. The van der Waals surface area contributed by atoms with Crippen LogP contribution in [0.4, 0.5) is 5.69 Å². The largest absolute Gasteiger partial charge is 0.497 e. The van der Waals surface area contributed by atoms with Crippen molar-refractivity contribution in [3.63, 3.8) is 0 Å². The third kappa shape index (κ3) is 1.88. The standard InChI is InChI=1S/C14H17N3O/c1-18-11-2-3-13-12(8-11)14(4-6-16-13)17-7-5-10(15)9-17/h2-4,6,8,10H,5,7,9,15H2,1H3/t10-/m0/s1. The van der Waals surface area contributed by atoms with Gasteiger partial charge in [-0.05, 0) is 30.7 Å². The number of hydrogen-bond donors (Lipinski definition) is 1. The van der Waals surface area contributed by atoms with Crippen LogP contribution in [-0.4, -0.2) is 31.2 Å². The summed E-state index contributed by atoms with van der Waals surface area (Å²) >= 11 is 0. The zero-order valence-corrected chi connectivity index (χ0v) is 10.5. The van der Waals surface area contributed by atoms with Gasteiger partial charge in [0, 0.05) is 36.4 Å². The van der Waals surface area contributed by atoms with Crippen molar-refractivity contribution in [2.75, 3.05) is 25.1 Å². The van der Waals surface area contributed by atoms with Crippen molar-refractivity contribution in [2.24, 2.45) is 5.73 Å². The molecular weight excluding hydrogens is 226 g/mol. The second-order valence-corrected chi connectivity index (χ2v) is 4.71. The Morgan fingerprint density at radius 1 is 1.39 bits per heavy atom. The quantitative estimate of drug-likeness (QED) is 0.873. The van der Waals surface area contributed by atoms with Gasteiger partial charge in [-0.1, -0.05) is 0 Å². The molecule has 2 aromatic rings. The monoisotopic (exact) mass is 243 g/mol. The van der Waals surface area contributed by atoms with Gasteiger partial charge in [-0.25, -0.2) is 0 Å². The highest BCUT2D eigenvalue weighted by atomic mass is 16.5. The molecule has 3 rings (SSSR count). The molecule has 1 aromatic carbocycles. The summed E-state index contributed by atoms with van der Waals surface area (Å²) in [6, 6.07) is 8.31. The number of rotatable bonds is 2. The molecule has 2 N–H and O–H groups in total. The lowest BCUT2D eigenvalue weighted by Gasteiger charge is -2.20. The van der Waals surface area contributed by atoms with Gasteiger partial charge < -0.3 is 15.4 Å². The van der Waals surface area contributed by atoms with E-state index in [0.717, 1.165) is 36.2 Å². The van der Waals surface area contributed by atoms with Crippen molar-refractivity contribution < 1.29 is 4.74 Å². The Morgan fingerprint density at radius 3 is 3.00 bits per heavy atom. The molecule has 1 atom stereocenters. The Labute approximate surface area is 106 Å². The third-order valence-corrected chi connectivity index (χ3v) is 3.49. The van der Waals surface area contributed by atoms with Crippen LogP contribution in [0.25, 0.3) is 10.9 Å². The van der Waals surface area contributed by atoms with Crippen LogP contribution in [0.15, 0.2) is 30.5 Å². The number of hydrogen-bond acceptors (Lipinski definition) is 4. The first-order valence-corrected chi connectivity index (χ1v) is 6.21. The van der Waals surface area contributed by atoms with Crippen molar-refractivity contribution in [3.05, 3.63) is 30.5 Å². The molecular formula is C14H17N3O. The van der Waals surface area contributed by atoms with Crippen molar-refractivity contribution in [1.82, 2.24) is 4.98 Å². The summed E-state index contributed by atoms with van der Waals surface area (Å²) in [4.78, 5) is 6.72. The van der Waals surface area contributed by atoms with E-state index >= 15 is 0 Å². The maximum Gasteiger partial charge on any atom is 0.119 e. The molecule has 0 saturated carbocycles. The molecule has 0 spiro atoms. The first kappa shape index (κ1) is 11.3. The highest BCUT2D eigenvalue weighted by Crippen LogP contribution is 2.30. The minimum Gasteiger partial charge on any atom is -0.497 e. The van der Waals surface area contributed by atoms with Crippen molar-refractivity contribution in [3.8, 4) is 5.75 Å². The van der Waals surface area contributed by atoms with Gasteiger partial charge in [-0.3, -0.25) is 4.98 Å². The van der Waals surface area contributed by atoms with Crippen molar-refractivity contribution >= 4 is 16.6 Å². The molecule has 1 aliphatic rings. The molecule has 2 heterocycles. The van der Waals surface area contributed by atoms with Gasteiger partial charge in [0.2, 0.25) is 0 Å². The maximum atomic E-state index is 5.98. The number of benzene rings is 1. The Balaban J connectivity index is 2.10. The van der Waals surface area contributed by atoms with Crippen LogP contribution in [0.2, 0.25) is 0 Å². The number of nitrogens with zero attached hydrogens (tertiary/aromatic N) is 2. The third-order valence-electron chi connectivity index (χ3n) is 3.49. The lowest BCUT2D eigenvalue weighted by molar-refractivity contribution is 0.415. The molecule has 4 heteroatoms. The van der Waals surface area contributed by atoms with Crippen molar-refractivity contribution in [2.45, 2.75) is 12.5 Å². The van der Waals surface area contributed by atoms with E-state index in [1.54, 1.807) is 7.11 Å². The molecule has 0 amide bonds. The van der Waals surface area contributed by atoms with E-state index in [9.17, 15) is 0 Å². The maximum absolute atomic E-state index is 5.98. The zero-order chi connectivity index (χ0) is 12.5. The average molecular weight is 243 g/mol. The number of ether oxygens (including phenoxy) is 1. The predicted molar refractivity (Wildman–Crippen MR) is 73.1 cm³/mol. The lowest BCUT2D eigenvalue weighted by atomic mass is 10.1. The molecule has 18 heavy (non-hydrogen) atoms. The summed E-state index contributed by atoms with van der Waals surface area (Å²) in [5.41, 5.74) is 8.18. The van der Waals surface area contributed by atoms with Gasteiger partial charge in [0.05, 0.1) is 12.6 Å². The topological polar surface area (TPSA) is 51.4 Å². The molecule has 94 valence electrons. The number of pyridine rings is 1. The average Bonchev–Trinajstić information content (AvgIpc) is 2.84. The molecule has 0 radical (unpaired) electrons. The smallest absolute Gasteiger partial charge is 0.119 e. The minimum atomic E-state index is 0.277. The summed E-state index contributed by atoms with van der Waals surface area (Å²) in [5, 5.41) is 1.13. The van der Waals surface area contributed by atoms with E-state index in [4.69, 9.17) is 10.5 Å². The second kappa shape index (κ2) is 4.46. The van der Waals surface area contributed by atoms with E-state index in [0.29, 0.717) is 0 Å². The Morgan fingerprint density at radius 2 is 2.28 bits per heavy atom. The number of aromatic nitrogens is 1. The predicted octanol–water partition coefficient (Wildman–Crippen LogP) is 1.78. The normalized spacial score (nSPS) is 19.4. The van der Waals surface area contributed by atoms with E-state index in [1.807, 2.05) is 24.4 Å². The molecule has 1 fully saturated rings. The van der Waals surface area contributed by atoms with E-state index in [-0.39, 0.29) is 6.04 Å². The van der Waals surface area contributed by atoms with Gasteiger partial charge in [-0.15, -0.1) is 0 Å². The Hall–Kier alpha value is -1.81. The molecule has 0 unspecified atom stereocenters. The highest BCUT2D eigenvalue weighted by Gasteiger charge is 2.20. The van der Waals surface area contributed by atoms with Crippen LogP contribution in [0, 0.1) is 0 Å². The fourth-order valence-corrected chi connectivity index (χ4v) is 2.52. The molecule has 1 saturated heterocycles. The van der Waals surface area contributed by atoms with E-state index < -0.39 is 0 Å².